The number of rotatable bonds is 8. The van der Waals surface area contributed by atoms with Crippen molar-refractivity contribution >= 4 is 5.78 Å². The third-order valence-electron chi connectivity index (χ3n) is 5.84. The van der Waals surface area contributed by atoms with Gasteiger partial charge in [0.15, 0.2) is 5.78 Å². The summed E-state index contributed by atoms with van der Waals surface area (Å²) in [7, 11) is 0. The number of carbonyl (C=O) groups excluding carboxylic acids is 1. The zero-order valence-corrected chi connectivity index (χ0v) is 15.1. The highest BCUT2D eigenvalue weighted by atomic mass is 16.1. The number of hydrogen-bond acceptors (Lipinski definition) is 1. The van der Waals surface area contributed by atoms with Gasteiger partial charge in [-0.15, -0.1) is 0 Å². The van der Waals surface area contributed by atoms with Gasteiger partial charge in [-0.1, -0.05) is 50.8 Å². The van der Waals surface area contributed by atoms with Crippen LogP contribution in [0.4, 0.5) is 0 Å². The molecule has 1 nitrogen and oxygen atoms in total. The molecule has 0 heterocycles. The van der Waals surface area contributed by atoms with Gasteiger partial charge in [-0.25, -0.2) is 0 Å². The second-order valence-corrected chi connectivity index (χ2v) is 8.14. The number of allylic oxidation sites excluding steroid dienone is 4. The van der Waals surface area contributed by atoms with Gasteiger partial charge < -0.3 is 0 Å². The van der Waals surface area contributed by atoms with Crippen molar-refractivity contribution < 1.29 is 4.79 Å². The molecule has 0 aromatic rings. The van der Waals surface area contributed by atoms with Crippen LogP contribution >= 0.6 is 0 Å². The monoisotopic (exact) mass is 302 g/mol. The predicted molar refractivity (Wildman–Crippen MR) is 94.8 cm³/mol. The first-order chi connectivity index (χ1) is 10.4. The van der Waals surface area contributed by atoms with E-state index in [0.29, 0.717) is 11.2 Å². The van der Waals surface area contributed by atoms with Crippen LogP contribution in [0.5, 0.6) is 0 Å². The summed E-state index contributed by atoms with van der Waals surface area (Å²) >= 11 is 0. The molecule has 22 heavy (non-hydrogen) atoms. The minimum Gasteiger partial charge on any atom is -0.295 e. The zero-order valence-electron chi connectivity index (χ0n) is 15.1. The molecule has 0 amide bonds. The Bertz CT molecular complexity index is 449. The minimum absolute atomic E-state index is 0.327. The highest BCUT2D eigenvalue weighted by molar-refractivity contribution is 5.89. The minimum atomic E-state index is 0.327. The summed E-state index contributed by atoms with van der Waals surface area (Å²) in [4.78, 5) is 11.8. The van der Waals surface area contributed by atoms with Gasteiger partial charge in [0.25, 0.3) is 0 Å². The lowest BCUT2D eigenvalue weighted by Crippen LogP contribution is -2.29. The van der Waals surface area contributed by atoms with Gasteiger partial charge in [-0.2, -0.15) is 0 Å². The van der Waals surface area contributed by atoms with Gasteiger partial charge in [0.05, 0.1) is 0 Å². The maximum Gasteiger partial charge on any atom is 0.155 e. The van der Waals surface area contributed by atoms with E-state index in [9.17, 15) is 4.79 Å². The van der Waals surface area contributed by atoms with Crippen LogP contribution in [0.25, 0.3) is 0 Å². The van der Waals surface area contributed by atoms with Crippen LogP contribution in [0.15, 0.2) is 23.3 Å². The van der Waals surface area contributed by atoms with Gasteiger partial charge in [0.1, 0.15) is 0 Å². The van der Waals surface area contributed by atoms with Crippen LogP contribution < -0.4 is 0 Å². The van der Waals surface area contributed by atoms with Crippen LogP contribution in [0.1, 0.15) is 85.5 Å². The smallest absolute Gasteiger partial charge is 0.155 e. The molecule has 2 aliphatic carbocycles. The normalized spacial score (nSPS) is 25.0. The second kappa shape index (κ2) is 7.62. The molecule has 0 N–H and O–H groups in total. The van der Waals surface area contributed by atoms with Crippen molar-refractivity contribution in [2.45, 2.75) is 85.5 Å². The van der Waals surface area contributed by atoms with Crippen molar-refractivity contribution in [2.75, 3.05) is 0 Å². The molecule has 1 heteroatoms. The maximum atomic E-state index is 11.8. The fourth-order valence-electron chi connectivity index (χ4n) is 4.09. The van der Waals surface area contributed by atoms with E-state index in [1.165, 1.54) is 32.1 Å². The molecule has 0 radical (unpaired) electrons. The van der Waals surface area contributed by atoms with Gasteiger partial charge in [0.2, 0.25) is 0 Å². The number of hydrogen-bond donors (Lipinski definition) is 0. The summed E-state index contributed by atoms with van der Waals surface area (Å²) < 4.78 is 0. The molecule has 0 aliphatic heterocycles. The SMILES string of the molecule is CCC1C(CC/C=C/C(=O)CCC2CC2)=C(C)CCC1(C)C. The number of carbonyl (C=O) groups is 1. The van der Waals surface area contributed by atoms with Crippen molar-refractivity contribution in [3.8, 4) is 0 Å². The molecule has 1 fully saturated rings. The third kappa shape index (κ3) is 4.83. The van der Waals surface area contributed by atoms with Crippen molar-refractivity contribution in [3.63, 3.8) is 0 Å². The largest absolute Gasteiger partial charge is 0.295 e. The van der Waals surface area contributed by atoms with E-state index in [1.807, 2.05) is 6.08 Å². The lowest BCUT2D eigenvalue weighted by Gasteiger charge is -2.41. The summed E-state index contributed by atoms with van der Waals surface area (Å²) in [6.07, 6.45) is 14.5. The Hall–Kier alpha value is -0.850. The highest BCUT2D eigenvalue weighted by Crippen LogP contribution is 2.46. The standard InChI is InChI=1S/C21H34O/c1-5-20-19(16(2)14-15-21(20,3)4)9-7-6-8-18(22)13-12-17-10-11-17/h6,8,17,20H,5,7,9-15H2,1-4H3/b8-6+. The third-order valence-corrected chi connectivity index (χ3v) is 5.84. The fourth-order valence-corrected chi connectivity index (χ4v) is 4.09. The molecule has 2 rings (SSSR count). The second-order valence-electron chi connectivity index (χ2n) is 8.14. The molecule has 0 saturated heterocycles. The summed E-state index contributed by atoms with van der Waals surface area (Å²) in [5.41, 5.74) is 3.72. The summed E-state index contributed by atoms with van der Waals surface area (Å²) in [6.45, 7) is 9.48. The van der Waals surface area contributed by atoms with Crippen molar-refractivity contribution in [2.24, 2.45) is 17.3 Å². The Morgan fingerprint density at radius 1 is 1.32 bits per heavy atom. The van der Waals surface area contributed by atoms with Gasteiger partial charge in [0, 0.05) is 6.42 Å². The van der Waals surface area contributed by atoms with E-state index in [4.69, 9.17) is 0 Å². The Morgan fingerprint density at radius 3 is 2.68 bits per heavy atom. The molecule has 1 saturated carbocycles. The summed E-state index contributed by atoms with van der Waals surface area (Å²) in [6, 6.07) is 0. The maximum absolute atomic E-state index is 11.8. The van der Waals surface area contributed by atoms with Crippen LogP contribution in [0.3, 0.4) is 0 Å². The Balaban J connectivity index is 1.82. The highest BCUT2D eigenvalue weighted by Gasteiger charge is 2.34. The molecule has 0 aromatic heterocycles. The van der Waals surface area contributed by atoms with E-state index in [0.717, 1.165) is 37.5 Å². The van der Waals surface area contributed by atoms with E-state index in [1.54, 1.807) is 11.1 Å². The first kappa shape index (κ1) is 17.5. The molecule has 0 aromatic carbocycles. The Morgan fingerprint density at radius 2 is 2.05 bits per heavy atom. The zero-order chi connectivity index (χ0) is 16.2. The molecule has 1 unspecified atom stereocenters. The molecule has 0 bridgehead atoms. The first-order valence-electron chi connectivity index (χ1n) is 9.32. The van der Waals surface area contributed by atoms with E-state index in [-0.39, 0.29) is 0 Å². The quantitative estimate of drug-likeness (QED) is 0.383. The molecular weight excluding hydrogens is 268 g/mol. The van der Waals surface area contributed by atoms with E-state index >= 15 is 0 Å². The molecular formula is C21H34O. The average Bonchev–Trinajstić information content (AvgIpc) is 3.29. The lowest BCUT2D eigenvalue weighted by atomic mass is 9.64. The van der Waals surface area contributed by atoms with Crippen molar-refractivity contribution in [1.29, 1.82) is 0 Å². The van der Waals surface area contributed by atoms with Gasteiger partial charge >= 0.3 is 0 Å². The van der Waals surface area contributed by atoms with Crippen molar-refractivity contribution in [1.82, 2.24) is 0 Å². The average molecular weight is 303 g/mol. The Kier molecular flexibility index (Phi) is 6.06. The molecule has 0 spiro atoms. The summed E-state index contributed by atoms with van der Waals surface area (Å²) in [5.74, 6) is 1.91. The van der Waals surface area contributed by atoms with Crippen LogP contribution in [-0.2, 0) is 4.79 Å². The number of ketones is 1. The van der Waals surface area contributed by atoms with Gasteiger partial charge in [-0.3, -0.25) is 4.79 Å². The first-order valence-corrected chi connectivity index (χ1v) is 9.32. The van der Waals surface area contributed by atoms with Crippen molar-refractivity contribution in [3.05, 3.63) is 23.3 Å². The van der Waals surface area contributed by atoms with Crippen LogP contribution in [0, 0.1) is 17.3 Å². The molecule has 124 valence electrons. The fraction of sp³-hybridized carbons (Fsp3) is 0.762. The summed E-state index contributed by atoms with van der Waals surface area (Å²) in [5, 5.41) is 0. The van der Waals surface area contributed by atoms with Gasteiger partial charge in [-0.05, 0) is 68.8 Å². The molecule has 1 atom stereocenters. The lowest BCUT2D eigenvalue weighted by molar-refractivity contribution is -0.114. The van der Waals surface area contributed by atoms with Crippen LogP contribution in [0.2, 0.25) is 0 Å². The van der Waals surface area contributed by atoms with Crippen LogP contribution in [-0.4, -0.2) is 5.78 Å². The van der Waals surface area contributed by atoms with E-state index < -0.39 is 0 Å². The Labute approximate surface area is 137 Å². The van der Waals surface area contributed by atoms with E-state index in [2.05, 4.69) is 33.8 Å². The molecule has 2 aliphatic rings. The predicted octanol–water partition coefficient (Wildman–Crippen LogP) is 6.24. The topological polar surface area (TPSA) is 17.1 Å².